The van der Waals surface area contributed by atoms with Crippen molar-refractivity contribution < 1.29 is 4.79 Å². The van der Waals surface area contributed by atoms with Crippen molar-refractivity contribution in [1.82, 2.24) is 10.3 Å². The van der Waals surface area contributed by atoms with Crippen molar-refractivity contribution >= 4 is 23.3 Å². The zero-order valence-corrected chi connectivity index (χ0v) is 13.5. The average Bonchev–Trinajstić information content (AvgIpc) is 2.89. The van der Waals surface area contributed by atoms with Crippen molar-refractivity contribution in [3.05, 3.63) is 22.8 Å². The number of aromatic nitrogens is 1. The van der Waals surface area contributed by atoms with Gasteiger partial charge < -0.3 is 10.6 Å². The number of amides is 1. The topological polar surface area (TPSA) is 54.0 Å². The summed E-state index contributed by atoms with van der Waals surface area (Å²) in [7, 11) is 0. The molecule has 5 heteroatoms. The maximum absolute atomic E-state index is 12.2. The molecule has 1 aromatic rings. The van der Waals surface area contributed by atoms with Crippen LogP contribution in [0.1, 0.15) is 50.0 Å². The molecule has 1 fully saturated rings. The molecule has 1 aliphatic rings. The lowest BCUT2D eigenvalue weighted by molar-refractivity contribution is 0.0942. The van der Waals surface area contributed by atoms with Crippen molar-refractivity contribution in [3.63, 3.8) is 0 Å². The van der Waals surface area contributed by atoms with Gasteiger partial charge in [0.2, 0.25) is 0 Å². The lowest BCUT2D eigenvalue weighted by Gasteiger charge is -2.12. The van der Waals surface area contributed by atoms with E-state index in [-0.39, 0.29) is 5.91 Å². The second kappa shape index (κ2) is 7.64. The largest absolute Gasteiger partial charge is 0.370 e. The van der Waals surface area contributed by atoms with Crippen LogP contribution in [0.5, 0.6) is 0 Å². The molecule has 0 bridgehead atoms. The van der Waals surface area contributed by atoms with E-state index in [1.54, 1.807) is 12.1 Å². The lowest BCUT2D eigenvalue weighted by Crippen LogP contribution is -2.29. The molecule has 21 heavy (non-hydrogen) atoms. The van der Waals surface area contributed by atoms with Gasteiger partial charge in [0, 0.05) is 13.1 Å². The van der Waals surface area contributed by atoms with E-state index >= 15 is 0 Å². The van der Waals surface area contributed by atoms with E-state index in [0.29, 0.717) is 29.0 Å². The summed E-state index contributed by atoms with van der Waals surface area (Å²) in [5.41, 5.74) is 0.309. The van der Waals surface area contributed by atoms with Crippen LogP contribution in [0.25, 0.3) is 0 Å². The molecule has 1 amide bonds. The van der Waals surface area contributed by atoms with Gasteiger partial charge in [-0.1, -0.05) is 31.9 Å². The molecule has 116 valence electrons. The molecule has 0 aliphatic heterocycles. The van der Waals surface area contributed by atoms with Gasteiger partial charge in [-0.3, -0.25) is 4.79 Å². The standard InChI is InChI=1S/C16H24ClN3O/c1-3-8-18-14-7-6-13(17)15(20-14)16(21)19-10-12-5-4-11(2)9-12/h6-7,11-12H,3-5,8-10H2,1-2H3,(H,18,20)(H,19,21). The van der Waals surface area contributed by atoms with Gasteiger partial charge in [-0.15, -0.1) is 0 Å². The third-order valence-electron chi connectivity index (χ3n) is 3.97. The highest BCUT2D eigenvalue weighted by Crippen LogP contribution is 2.29. The fraction of sp³-hybridized carbons (Fsp3) is 0.625. The third kappa shape index (κ3) is 4.60. The Hall–Kier alpha value is -1.29. The Labute approximate surface area is 131 Å². The van der Waals surface area contributed by atoms with Gasteiger partial charge in [-0.2, -0.15) is 0 Å². The van der Waals surface area contributed by atoms with Crippen LogP contribution in [0, 0.1) is 11.8 Å². The van der Waals surface area contributed by atoms with Gasteiger partial charge in [0.05, 0.1) is 5.02 Å². The van der Waals surface area contributed by atoms with Gasteiger partial charge >= 0.3 is 0 Å². The normalized spacial score (nSPS) is 21.3. The van der Waals surface area contributed by atoms with E-state index in [1.165, 1.54) is 19.3 Å². The summed E-state index contributed by atoms with van der Waals surface area (Å²) >= 11 is 6.09. The Kier molecular flexibility index (Phi) is 5.85. The minimum absolute atomic E-state index is 0.181. The zero-order valence-electron chi connectivity index (χ0n) is 12.8. The smallest absolute Gasteiger partial charge is 0.271 e. The molecule has 0 radical (unpaired) electrons. The average molecular weight is 310 g/mol. The third-order valence-corrected chi connectivity index (χ3v) is 4.28. The number of hydrogen-bond donors (Lipinski definition) is 2. The van der Waals surface area contributed by atoms with Crippen molar-refractivity contribution in [1.29, 1.82) is 0 Å². The van der Waals surface area contributed by atoms with E-state index in [4.69, 9.17) is 11.6 Å². The summed E-state index contributed by atoms with van der Waals surface area (Å²) in [5, 5.41) is 6.54. The molecule has 1 aliphatic carbocycles. The highest BCUT2D eigenvalue weighted by Gasteiger charge is 2.22. The Bertz CT molecular complexity index is 492. The summed E-state index contributed by atoms with van der Waals surface area (Å²) in [6, 6.07) is 3.52. The maximum atomic E-state index is 12.2. The quantitative estimate of drug-likeness (QED) is 0.842. The molecule has 0 aromatic carbocycles. The second-order valence-electron chi connectivity index (χ2n) is 5.95. The molecular weight excluding hydrogens is 286 g/mol. The van der Waals surface area contributed by atoms with E-state index in [0.717, 1.165) is 18.9 Å². The van der Waals surface area contributed by atoms with Crippen molar-refractivity contribution in [2.75, 3.05) is 18.4 Å². The number of nitrogens with one attached hydrogen (secondary N) is 2. The minimum Gasteiger partial charge on any atom is -0.370 e. The molecule has 1 saturated carbocycles. The van der Waals surface area contributed by atoms with Crippen LogP contribution in [0.15, 0.2) is 12.1 Å². The molecule has 2 atom stereocenters. The van der Waals surface area contributed by atoms with Gasteiger partial charge in [-0.25, -0.2) is 4.98 Å². The molecule has 4 nitrogen and oxygen atoms in total. The number of carbonyl (C=O) groups excluding carboxylic acids is 1. The molecule has 2 N–H and O–H groups in total. The van der Waals surface area contributed by atoms with Crippen LogP contribution in [-0.4, -0.2) is 24.0 Å². The van der Waals surface area contributed by atoms with Crippen molar-refractivity contribution in [2.45, 2.75) is 39.5 Å². The fourth-order valence-corrected chi connectivity index (χ4v) is 2.98. The summed E-state index contributed by atoms with van der Waals surface area (Å²) < 4.78 is 0. The molecule has 2 unspecified atom stereocenters. The van der Waals surface area contributed by atoms with Crippen LogP contribution >= 0.6 is 11.6 Å². The first-order valence-electron chi connectivity index (χ1n) is 7.78. The van der Waals surface area contributed by atoms with Crippen LogP contribution in [-0.2, 0) is 0 Å². The van der Waals surface area contributed by atoms with E-state index in [2.05, 4.69) is 29.5 Å². The Balaban J connectivity index is 1.94. The Morgan fingerprint density at radius 2 is 2.24 bits per heavy atom. The number of anilines is 1. The number of rotatable bonds is 6. The first kappa shape index (κ1) is 16.1. The number of carbonyl (C=O) groups is 1. The molecule has 1 aromatic heterocycles. The second-order valence-corrected chi connectivity index (χ2v) is 6.36. The maximum Gasteiger partial charge on any atom is 0.271 e. The lowest BCUT2D eigenvalue weighted by atomic mass is 10.1. The van der Waals surface area contributed by atoms with Gasteiger partial charge in [-0.05, 0) is 43.2 Å². The number of halogens is 1. The summed E-state index contributed by atoms with van der Waals surface area (Å²) in [4.78, 5) is 16.6. The molecule has 0 spiro atoms. The monoisotopic (exact) mass is 309 g/mol. The number of pyridine rings is 1. The number of nitrogens with zero attached hydrogens (tertiary/aromatic N) is 1. The van der Waals surface area contributed by atoms with Crippen molar-refractivity contribution in [3.8, 4) is 0 Å². The van der Waals surface area contributed by atoms with Crippen LogP contribution < -0.4 is 10.6 Å². The van der Waals surface area contributed by atoms with E-state index in [9.17, 15) is 4.79 Å². The van der Waals surface area contributed by atoms with Crippen LogP contribution in [0.2, 0.25) is 5.02 Å². The van der Waals surface area contributed by atoms with E-state index < -0.39 is 0 Å². The minimum atomic E-state index is -0.181. The molecule has 1 heterocycles. The van der Waals surface area contributed by atoms with Crippen LogP contribution in [0.4, 0.5) is 5.82 Å². The van der Waals surface area contributed by atoms with Gasteiger partial charge in [0.1, 0.15) is 11.5 Å². The highest BCUT2D eigenvalue weighted by atomic mass is 35.5. The Morgan fingerprint density at radius 3 is 2.90 bits per heavy atom. The first-order chi connectivity index (χ1) is 10.1. The summed E-state index contributed by atoms with van der Waals surface area (Å²) in [6.45, 7) is 5.89. The SMILES string of the molecule is CCCNc1ccc(Cl)c(C(=O)NCC2CCC(C)C2)n1. The summed E-state index contributed by atoms with van der Waals surface area (Å²) in [5.74, 6) is 1.87. The van der Waals surface area contributed by atoms with E-state index in [1.807, 2.05) is 0 Å². The van der Waals surface area contributed by atoms with Crippen molar-refractivity contribution in [2.24, 2.45) is 11.8 Å². The summed E-state index contributed by atoms with van der Waals surface area (Å²) in [6.07, 6.45) is 4.65. The molecule has 0 saturated heterocycles. The molecular formula is C16H24ClN3O. The van der Waals surface area contributed by atoms with Crippen LogP contribution in [0.3, 0.4) is 0 Å². The van der Waals surface area contributed by atoms with Gasteiger partial charge in [0.25, 0.3) is 5.91 Å². The highest BCUT2D eigenvalue weighted by molar-refractivity contribution is 6.33. The predicted octanol–water partition coefficient (Wildman–Crippen LogP) is 3.72. The Morgan fingerprint density at radius 1 is 1.43 bits per heavy atom. The van der Waals surface area contributed by atoms with Gasteiger partial charge in [0.15, 0.2) is 0 Å². The zero-order chi connectivity index (χ0) is 15.2. The number of hydrogen-bond acceptors (Lipinski definition) is 3. The predicted molar refractivity (Wildman–Crippen MR) is 86.9 cm³/mol. The first-order valence-corrected chi connectivity index (χ1v) is 8.16. The molecule has 2 rings (SSSR count). The fourth-order valence-electron chi connectivity index (χ4n) is 2.78.